The topological polar surface area (TPSA) is 128 Å². The number of hydrogen-bond donors (Lipinski definition) is 2. The Balaban J connectivity index is 1.11. The zero-order valence-corrected chi connectivity index (χ0v) is 21.1. The van der Waals surface area contributed by atoms with Crippen LogP contribution in [0.25, 0.3) is 0 Å². The summed E-state index contributed by atoms with van der Waals surface area (Å²) in [5, 5.41) is 12.4. The average Bonchev–Trinajstić information content (AvgIpc) is 3.37. The highest BCUT2D eigenvalue weighted by atomic mass is 32.2. The Morgan fingerprint density at radius 2 is 1.94 bits per heavy atom. The van der Waals surface area contributed by atoms with Crippen molar-refractivity contribution >= 4 is 21.9 Å². The molecule has 2 unspecified atom stereocenters. The molecule has 11 nitrogen and oxygen atoms in total. The molecule has 4 aliphatic rings. The monoisotopic (exact) mass is 508 g/mol. The zero-order chi connectivity index (χ0) is 24.6. The standard InChI is InChI=1S/C23H36N6O5S/c1-23(4-5-23)19-12-17(3-7-29(19)22(30)31)16-34-21-15-25-20(14-26-21)27-8-10-28(11-9-27)35(32,33)18-2-6-24-13-18/h14-15,17-19,24H,2-13,16H2,1H3,(H,30,31)/t17?,18-,19?/m0/s1. The van der Waals surface area contributed by atoms with Gasteiger partial charge >= 0.3 is 6.09 Å². The van der Waals surface area contributed by atoms with E-state index in [1.54, 1.807) is 21.6 Å². The van der Waals surface area contributed by atoms with Crippen LogP contribution in [0.3, 0.4) is 0 Å². The van der Waals surface area contributed by atoms with Gasteiger partial charge in [0.2, 0.25) is 15.9 Å². The van der Waals surface area contributed by atoms with Crippen molar-refractivity contribution in [2.75, 3.05) is 57.3 Å². The van der Waals surface area contributed by atoms with Crippen molar-refractivity contribution in [2.24, 2.45) is 11.3 Å². The summed E-state index contributed by atoms with van der Waals surface area (Å²) >= 11 is 0. The molecule has 12 heteroatoms. The third kappa shape index (κ3) is 5.19. The molecular formula is C23H36N6O5S. The van der Waals surface area contributed by atoms with Crippen molar-refractivity contribution in [3.63, 3.8) is 0 Å². The van der Waals surface area contributed by atoms with E-state index in [1.807, 2.05) is 0 Å². The van der Waals surface area contributed by atoms with Gasteiger partial charge in [0.15, 0.2) is 0 Å². The smallest absolute Gasteiger partial charge is 0.407 e. The fourth-order valence-electron chi connectivity index (χ4n) is 5.63. The van der Waals surface area contributed by atoms with Crippen LogP contribution in [-0.2, 0) is 10.0 Å². The number of ether oxygens (including phenoxy) is 1. The van der Waals surface area contributed by atoms with Gasteiger partial charge in [-0.15, -0.1) is 0 Å². The Morgan fingerprint density at radius 1 is 1.17 bits per heavy atom. The van der Waals surface area contributed by atoms with E-state index < -0.39 is 16.1 Å². The molecular weight excluding hydrogens is 472 g/mol. The van der Waals surface area contributed by atoms with Crippen LogP contribution in [0.4, 0.5) is 10.6 Å². The summed E-state index contributed by atoms with van der Waals surface area (Å²) in [6.45, 7) is 6.59. The predicted octanol–water partition coefficient (Wildman–Crippen LogP) is 1.23. The maximum atomic E-state index is 12.8. The van der Waals surface area contributed by atoms with Crippen LogP contribution < -0.4 is 15.0 Å². The van der Waals surface area contributed by atoms with E-state index in [4.69, 9.17) is 4.74 Å². The molecule has 1 aromatic heterocycles. The van der Waals surface area contributed by atoms with Gasteiger partial charge in [-0.25, -0.2) is 23.2 Å². The lowest BCUT2D eigenvalue weighted by Crippen LogP contribution is -2.51. The van der Waals surface area contributed by atoms with Crippen LogP contribution in [0.15, 0.2) is 12.4 Å². The molecule has 0 spiro atoms. The van der Waals surface area contributed by atoms with Gasteiger partial charge < -0.3 is 25.0 Å². The highest BCUT2D eigenvalue weighted by molar-refractivity contribution is 7.89. The number of carbonyl (C=O) groups is 1. The minimum absolute atomic E-state index is 0.0585. The maximum Gasteiger partial charge on any atom is 0.407 e. The third-order valence-corrected chi connectivity index (χ3v) is 10.6. The fourth-order valence-corrected chi connectivity index (χ4v) is 7.46. The molecule has 0 bridgehead atoms. The van der Waals surface area contributed by atoms with Crippen LogP contribution >= 0.6 is 0 Å². The predicted molar refractivity (Wildman–Crippen MR) is 130 cm³/mol. The molecule has 3 saturated heterocycles. The molecule has 4 heterocycles. The van der Waals surface area contributed by atoms with E-state index in [9.17, 15) is 18.3 Å². The number of hydrogen-bond acceptors (Lipinski definition) is 8. The number of carboxylic acid groups (broad SMARTS) is 1. The van der Waals surface area contributed by atoms with Crippen molar-refractivity contribution in [1.29, 1.82) is 0 Å². The molecule has 5 rings (SSSR count). The van der Waals surface area contributed by atoms with Gasteiger partial charge in [-0.3, -0.25) is 0 Å². The van der Waals surface area contributed by atoms with Gasteiger partial charge in [-0.1, -0.05) is 6.92 Å². The molecule has 1 saturated carbocycles. The highest BCUT2D eigenvalue weighted by Gasteiger charge is 2.50. The molecule has 0 radical (unpaired) electrons. The van der Waals surface area contributed by atoms with Gasteiger partial charge in [-0.05, 0) is 50.0 Å². The fraction of sp³-hybridized carbons (Fsp3) is 0.783. The molecule has 3 atom stereocenters. The van der Waals surface area contributed by atoms with Crippen LogP contribution in [0, 0.1) is 11.3 Å². The highest BCUT2D eigenvalue weighted by Crippen LogP contribution is 2.53. The quantitative estimate of drug-likeness (QED) is 0.559. The first-order valence-corrected chi connectivity index (χ1v) is 14.2. The minimum atomic E-state index is -3.26. The van der Waals surface area contributed by atoms with Crippen LogP contribution in [-0.4, -0.2) is 103 Å². The number of sulfonamides is 1. The van der Waals surface area contributed by atoms with E-state index in [1.165, 1.54) is 0 Å². The van der Waals surface area contributed by atoms with E-state index in [0.717, 1.165) is 32.2 Å². The number of piperidine rings is 1. The third-order valence-electron chi connectivity index (χ3n) is 8.24. The number of likely N-dealkylation sites (tertiary alicyclic amines) is 1. The summed E-state index contributed by atoms with van der Waals surface area (Å²) in [7, 11) is -3.26. The first-order chi connectivity index (χ1) is 16.8. The molecule has 1 aliphatic carbocycles. The lowest BCUT2D eigenvalue weighted by molar-refractivity contribution is 0.0483. The average molecular weight is 509 g/mol. The largest absolute Gasteiger partial charge is 0.476 e. The second-order valence-corrected chi connectivity index (χ2v) is 12.8. The first kappa shape index (κ1) is 24.5. The van der Waals surface area contributed by atoms with E-state index in [-0.39, 0.29) is 16.7 Å². The van der Waals surface area contributed by atoms with E-state index >= 15 is 0 Å². The van der Waals surface area contributed by atoms with Crippen LogP contribution in [0.5, 0.6) is 5.88 Å². The number of aromatic nitrogens is 2. The van der Waals surface area contributed by atoms with Gasteiger partial charge in [0.1, 0.15) is 5.82 Å². The van der Waals surface area contributed by atoms with Gasteiger partial charge in [0.05, 0.1) is 24.3 Å². The van der Waals surface area contributed by atoms with Crippen molar-refractivity contribution in [3.8, 4) is 5.88 Å². The van der Waals surface area contributed by atoms with Crippen molar-refractivity contribution in [2.45, 2.75) is 50.3 Å². The Kier molecular flexibility index (Phi) is 6.79. The van der Waals surface area contributed by atoms with Crippen molar-refractivity contribution < 1.29 is 23.1 Å². The molecule has 3 aliphatic heterocycles. The molecule has 0 aromatic carbocycles. The molecule has 194 valence electrons. The number of piperazine rings is 1. The number of amides is 1. The number of anilines is 1. The van der Waals surface area contributed by atoms with Gasteiger partial charge in [0, 0.05) is 45.3 Å². The molecule has 1 amide bonds. The summed E-state index contributed by atoms with van der Waals surface area (Å²) in [5.41, 5.74) is 0.107. The van der Waals surface area contributed by atoms with Crippen LogP contribution in [0.1, 0.15) is 39.0 Å². The summed E-state index contributed by atoms with van der Waals surface area (Å²) < 4.78 is 33.1. The summed E-state index contributed by atoms with van der Waals surface area (Å²) in [5.74, 6) is 1.46. The Morgan fingerprint density at radius 3 is 2.54 bits per heavy atom. The number of rotatable bonds is 7. The Labute approximate surface area is 206 Å². The summed E-state index contributed by atoms with van der Waals surface area (Å²) in [4.78, 5) is 24.3. The minimum Gasteiger partial charge on any atom is -0.476 e. The zero-order valence-electron chi connectivity index (χ0n) is 20.3. The molecule has 1 aromatic rings. The SMILES string of the molecule is CC1(C2CC(COc3cnc(N4CCN(S(=O)(=O)[C@H]5CCNC5)CC4)cn3)CCN2C(=O)O)CC1. The Bertz CT molecular complexity index is 1000. The number of nitrogens with one attached hydrogen (secondary N) is 1. The van der Waals surface area contributed by atoms with Gasteiger partial charge in [-0.2, -0.15) is 4.31 Å². The lowest BCUT2D eigenvalue weighted by atomic mass is 9.83. The summed E-state index contributed by atoms with van der Waals surface area (Å²) in [6, 6.07) is 0.0585. The number of nitrogens with zero attached hydrogens (tertiary/aromatic N) is 5. The van der Waals surface area contributed by atoms with Crippen molar-refractivity contribution in [1.82, 2.24) is 24.5 Å². The van der Waals surface area contributed by atoms with E-state index in [2.05, 4.69) is 27.1 Å². The molecule has 35 heavy (non-hydrogen) atoms. The van der Waals surface area contributed by atoms with Crippen molar-refractivity contribution in [3.05, 3.63) is 12.4 Å². The van der Waals surface area contributed by atoms with E-state index in [0.29, 0.717) is 69.9 Å². The summed E-state index contributed by atoms with van der Waals surface area (Å²) in [6.07, 6.45) is 6.93. The molecule has 4 fully saturated rings. The van der Waals surface area contributed by atoms with Crippen LogP contribution in [0.2, 0.25) is 0 Å². The Hall–Kier alpha value is -2.18. The van der Waals surface area contributed by atoms with Gasteiger partial charge in [0.25, 0.3) is 0 Å². The second-order valence-electron chi connectivity index (χ2n) is 10.6. The normalized spacial score (nSPS) is 29.2. The lowest BCUT2D eigenvalue weighted by Gasteiger charge is -2.41. The first-order valence-electron chi connectivity index (χ1n) is 12.7. The molecule has 2 N–H and O–H groups in total. The maximum absolute atomic E-state index is 12.8. The second kappa shape index (κ2) is 9.70.